The molecule has 146 valence electrons. The molecule has 1 amide bonds. The summed E-state index contributed by atoms with van der Waals surface area (Å²) in [5.74, 6) is 0.498. The van der Waals surface area contributed by atoms with E-state index in [9.17, 15) is 4.79 Å². The van der Waals surface area contributed by atoms with Gasteiger partial charge in [0.25, 0.3) is 5.91 Å². The lowest BCUT2D eigenvalue weighted by Crippen LogP contribution is -2.34. The molecular formula is C20H18N6OS2. The Morgan fingerprint density at radius 1 is 1.07 bits per heavy atom. The van der Waals surface area contributed by atoms with Crippen molar-refractivity contribution in [3.8, 4) is 10.6 Å². The van der Waals surface area contributed by atoms with Gasteiger partial charge < -0.3 is 5.32 Å². The van der Waals surface area contributed by atoms with Crippen molar-refractivity contribution in [1.29, 1.82) is 0 Å². The van der Waals surface area contributed by atoms with E-state index in [2.05, 4.69) is 25.9 Å². The molecule has 0 spiro atoms. The number of carbonyl (C=O) groups is 1. The second kappa shape index (κ2) is 7.69. The fraction of sp³-hybridized carbons (Fsp3) is 0.150. The van der Waals surface area contributed by atoms with Crippen molar-refractivity contribution in [1.82, 2.24) is 25.1 Å². The van der Waals surface area contributed by atoms with Crippen LogP contribution in [0.3, 0.4) is 0 Å². The fourth-order valence-electron chi connectivity index (χ4n) is 2.78. The average molecular weight is 423 g/mol. The van der Waals surface area contributed by atoms with Crippen molar-refractivity contribution in [2.75, 3.05) is 5.32 Å². The molecule has 0 bridgehead atoms. The topological polar surface area (TPSA) is 84.2 Å². The van der Waals surface area contributed by atoms with E-state index in [4.69, 9.17) is 12.2 Å². The molecular weight excluding hydrogens is 404 g/mol. The van der Waals surface area contributed by atoms with Crippen LogP contribution in [0.1, 0.15) is 27.3 Å². The zero-order valence-electron chi connectivity index (χ0n) is 16.1. The standard InChI is InChI=1S/C20H18N6OS2/c1-11-7-8-14(9-12(11)2)17(27)22-19(28)21-16-6-4-5-15(10-16)18-25-26-13(3)23-24-20(26)29-18/h4-10H,1-3H3,(H2,21,22,27,28). The van der Waals surface area contributed by atoms with Gasteiger partial charge >= 0.3 is 0 Å². The molecule has 2 N–H and O–H groups in total. The number of amides is 1. The molecule has 0 aliphatic rings. The number of thiocarbonyl (C=S) groups is 1. The summed E-state index contributed by atoms with van der Waals surface area (Å²) < 4.78 is 1.72. The summed E-state index contributed by atoms with van der Waals surface area (Å²) in [4.78, 5) is 13.2. The van der Waals surface area contributed by atoms with Crippen LogP contribution in [0.4, 0.5) is 5.69 Å². The Balaban J connectivity index is 1.47. The minimum absolute atomic E-state index is 0.236. The zero-order valence-corrected chi connectivity index (χ0v) is 17.7. The molecule has 4 aromatic rings. The number of hydrogen-bond donors (Lipinski definition) is 2. The minimum atomic E-state index is -0.245. The van der Waals surface area contributed by atoms with Crippen LogP contribution < -0.4 is 10.6 Å². The summed E-state index contributed by atoms with van der Waals surface area (Å²) >= 11 is 6.77. The number of nitrogens with zero attached hydrogens (tertiary/aromatic N) is 4. The van der Waals surface area contributed by atoms with Crippen LogP contribution in [0, 0.1) is 20.8 Å². The Bertz CT molecular complexity index is 1240. The van der Waals surface area contributed by atoms with E-state index in [0.29, 0.717) is 5.56 Å². The third kappa shape index (κ3) is 4.01. The molecule has 2 heterocycles. The number of nitrogens with one attached hydrogen (secondary N) is 2. The molecule has 0 aliphatic heterocycles. The maximum absolute atomic E-state index is 12.4. The molecule has 2 aromatic heterocycles. The fourth-order valence-corrected chi connectivity index (χ4v) is 3.87. The highest BCUT2D eigenvalue weighted by Crippen LogP contribution is 2.27. The first kappa shape index (κ1) is 19.2. The number of aromatic nitrogens is 4. The number of fused-ring (bicyclic) bond motifs is 1. The van der Waals surface area contributed by atoms with Crippen LogP contribution in [-0.4, -0.2) is 30.8 Å². The monoisotopic (exact) mass is 422 g/mol. The molecule has 4 rings (SSSR count). The van der Waals surface area contributed by atoms with Gasteiger partial charge in [-0.05, 0) is 68.4 Å². The van der Waals surface area contributed by atoms with Gasteiger partial charge in [0.1, 0.15) is 5.01 Å². The highest BCUT2D eigenvalue weighted by atomic mass is 32.1. The van der Waals surface area contributed by atoms with Crippen LogP contribution in [0.2, 0.25) is 0 Å². The first-order valence-corrected chi connectivity index (χ1v) is 10.1. The van der Waals surface area contributed by atoms with Crippen molar-refractivity contribution in [3.05, 3.63) is 65.0 Å². The third-order valence-corrected chi connectivity index (χ3v) is 5.66. The van der Waals surface area contributed by atoms with E-state index >= 15 is 0 Å². The molecule has 0 unspecified atom stereocenters. The molecule has 0 atom stereocenters. The summed E-state index contributed by atoms with van der Waals surface area (Å²) in [6, 6.07) is 13.2. The Kier molecular flexibility index (Phi) is 5.08. The van der Waals surface area contributed by atoms with Crippen LogP contribution in [0.15, 0.2) is 42.5 Å². The van der Waals surface area contributed by atoms with Crippen molar-refractivity contribution in [2.45, 2.75) is 20.8 Å². The van der Waals surface area contributed by atoms with Gasteiger partial charge in [-0.3, -0.25) is 10.1 Å². The van der Waals surface area contributed by atoms with Gasteiger partial charge in [-0.25, -0.2) is 0 Å². The van der Waals surface area contributed by atoms with Crippen LogP contribution in [0.5, 0.6) is 0 Å². The zero-order chi connectivity index (χ0) is 20.5. The normalized spacial score (nSPS) is 10.9. The molecule has 0 aliphatic carbocycles. The van der Waals surface area contributed by atoms with Gasteiger partial charge in [0.05, 0.1) is 0 Å². The smallest absolute Gasteiger partial charge is 0.257 e. The average Bonchev–Trinajstić information content (AvgIpc) is 3.26. The highest BCUT2D eigenvalue weighted by Gasteiger charge is 2.12. The van der Waals surface area contributed by atoms with Gasteiger partial charge in [0, 0.05) is 16.8 Å². The Hall–Kier alpha value is -3.17. The number of carbonyl (C=O) groups excluding carboxylic acids is 1. The molecule has 7 nitrogen and oxygen atoms in total. The summed E-state index contributed by atoms with van der Waals surface area (Å²) in [6.07, 6.45) is 0. The maximum Gasteiger partial charge on any atom is 0.257 e. The van der Waals surface area contributed by atoms with E-state index in [-0.39, 0.29) is 11.0 Å². The highest BCUT2D eigenvalue weighted by molar-refractivity contribution is 7.80. The molecule has 0 saturated carbocycles. The predicted molar refractivity (Wildman–Crippen MR) is 118 cm³/mol. The molecule has 2 aromatic carbocycles. The molecule has 0 radical (unpaired) electrons. The van der Waals surface area contributed by atoms with Crippen LogP contribution >= 0.6 is 23.6 Å². The molecule has 29 heavy (non-hydrogen) atoms. The van der Waals surface area contributed by atoms with Crippen LogP contribution in [0.25, 0.3) is 15.5 Å². The minimum Gasteiger partial charge on any atom is -0.332 e. The van der Waals surface area contributed by atoms with E-state index in [1.54, 1.807) is 10.6 Å². The van der Waals surface area contributed by atoms with Gasteiger partial charge in [-0.2, -0.15) is 9.61 Å². The number of benzene rings is 2. The van der Waals surface area contributed by atoms with Crippen molar-refractivity contribution in [3.63, 3.8) is 0 Å². The van der Waals surface area contributed by atoms with Gasteiger partial charge in [0.2, 0.25) is 4.96 Å². The Morgan fingerprint density at radius 3 is 2.66 bits per heavy atom. The SMILES string of the molecule is Cc1ccc(C(=O)NC(=S)Nc2cccc(-c3nn4c(C)nnc4s3)c2)cc1C. The quantitative estimate of drug-likeness (QED) is 0.487. The van der Waals surface area contributed by atoms with Gasteiger partial charge in [-0.1, -0.05) is 29.5 Å². The van der Waals surface area contributed by atoms with Gasteiger partial charge in [0.15, 0.2) is 10.9 Å². The van der Waals surface area contributed by atoms with E-state index < -0.39 is 0 Å². The largest absolute Gasteiger partial charge is 0.332 e. The maximum atomic E-state index is 12.4. The lowest BCUT2D eigenvalue weighted by Gasteiger charge is -2.11. The number of anilines is 1. The lowest BCUT2D eigenvalue weighted by atomic mass is 10.1. The first-order valence-electron chi connectivity index (χ1n) is 8.89. The summed E-state index contributed by atoms with van der Waals surface area (Å²) in [5, 5.41) is 19.5. The predicted octanol–water partition coefficient (Wildman–Crippen LogP) is 3.90. The van der Waals surface area contributed by atoms with E-state index in [1.807, 2.05) is 57.2 Å². The number of rotatable bonds is 3. The summed E-state index contributed by atoms with van der Waals surface area (Å²) in [5.41, 5.74) is 4.45. The lowest BCUT2D eigenvalue weighted by molar-refractivity contribution is 0.0977. The number of aryl methyl sites for hydroxylation is 3. The number of hydrogen-bond acceptors (Lipinski definition) is 6. The first-order chi connectivity index (χ1) is 13.9. The van der Waals surface area contributed by atoms with E-state index in [0.717, 1.165) is 38.2 Å². The summed E-state index contributed by atoms with van der Waals surface area (Å²) in [6.45, 7) is 5.84. The Labute approximate surface area is 176 Å². The second-order valence-electron chi connectivity index (χ2n) is 6.64. The van der Waals surface area contributed by atoms with Crippen molar-refractivity contribution >= 4 is 45.2 Å². The van der Waals surface area contributed by atoms with Crippen LogP contribution in [-0.2, 0) is 0 Å². The molecule has 0 saturated heterocycles. The third-order valence-electron chi connectivity index (χ3n) is 4.51. The Morgan fingerprint density at radius 2 is 1.90 bits per heavy atom. The van der Waals surface area contributed by atoms with E-state index in [1.165, 1.54) is 11.3 Å². The molecule has 0 fully saturated rings. The second-order valence-corrected chi connectivity index (χ2v) is 8.00. The summed E-state index contributed by atoms with van der Waals surface area (Å²) in [7, 11) is 0. The van der Waals surface area contributed by atoms with Gasteiger partial charge in [-0.15, -0.1) is 10.2 Å². The van der Waals surface area contributed by atoms with Crippen molar-refractivity contribution < 1.29 is 4.79 Å². The van der Waals surface area contributed by atoms with Crippen molar-refractivity contribution in [2.24, 2.45) is 0 Å². The molecule has 9 heteroatoms.